The van der Waals surface area contributed by atoms with Crippen LogP contribution in [-0.2, 0) is 7.05 Å². The van der Waals surface area contributed by atoms with E-state index in [2.05, 4.69) is 31.1 Å². The first-order valence-electron chi connectivity index (χ1n) is 6.88. The monoisotopic (exact) mass is 317 g/mol. The molecule has 0 aliphatic rings. The van der Waals surface area contributed by atoms with Gasteiger partial charge in [0, 0.05) is 29.8 Å². The number of hydrogen-bond donors (Lipinski definition) is 1. The quantitative estimate of drug-likeness (QED) is 0.884. The summed E-state index contributed by atoms with van der Waals surface area (Å²) in [4.78, 5) is 28.5. The van der Waals surface area contributed by atoms with Crippen molar-refractivity contribution in [2.45, 2.75) is 30.5 Å². The summed E-state index contributed by atoms with van der Waals surface area (Å²) in [6.07, 6.45) is 3.24. The highest BCUT2D eigenvalue weighted by Crippen LogP contribution is 2.30. The van der Waals surface area contributed by atoms with Gasteiger partial charge in [-0.05, 0) is 24.3 Å². The van der Waals surface area contributed by atoms with Gasteiger partial charge in [-0.3, -0.25) is 9.59 Å². The Bertz CT molecular complexity index is 748. The van der Waals surface area contributed by atoms with Crippen molar-refractivity contribution in [3.8, 4) is 0 Å². The molecule has 22 heavy (non-hydrogen) atoms. The van der Waals surface area contributed by atoms with Gasteiger partial charge in [0.2, 0.25) is 0 Å². The van der Waals surface area contributed by atoms with Crippen LogP contribution in [0.1, 0.15) is 31.1 Å². The van der Waals surface area contributed by atoms with E-state index < -0.39 is 0 Å². The Balaban J connectivity index is 2.21. The Morgan fingerprint density at radius 1 is 1.32 bits per heavy atom. The summed E-state index contributed by atoms with van der Waals surface area (Å²) >= 11 is 1.59. The summed E-state index contributed by atoms with van der Waals surface area (Å²) < 4.78 is 1.43. The van der Waals surface area contributed by atoms with Crippen LogP contribution in [0.5, 0.6) is 0 Å². The second-order valence-electron chi connectivity index (χ2n) is 5.89. The van der Waals surface area contributed by atoms with Crippen LogP contribution < -0.4 is 10.9 Å². The molecule has 5 nitrogen and oxygen atoms in total. The number of nitrogens with zero attached hydrogens (tertiary/aromatic N) is 2. The fourth-order valence-electron chi connectivity index (χ4n) is 1.81. The van der Waals surface area contributed by atoms with Crippen molar-refractivity contribution in [3.63, 3.8) is 0 Å². The van der Waals surface area contributed by atoms with Gasteiger partial charge in [-0.25, -0.2) is 4.98 Å². The maximum absolute atomic E-state index is 12.3. The topological polar surface area (TPSA) is 64.0 Å². The largest absolute Gasteiger partial charge is 0.317 e. The van der Waals surface area contributed by atoms with Crippen molar-refractivity contribution < 1.29 is 4.79 Å². The first-order valence-corrected chi connectivity index (χ1v) is 7.70. The molecular weight excluding hydrogens is 298 g/mol. The molecule has 2 aromatic heterocycles. The van der Waals surface area contributed by atoms with Crippen LogP contribution in [0.25, 0.3) is 0 Å². The minimum Gasteiger partial charge on any atom is -0.317 e. The lowest BCUT2D eigenvalue weighted by Crippen LogP contribution is -2.23. The Kier molecular flexibility index (Phi) is 4.71. The summed E-state index contributed by atoms with van der Waals surface area (Å²) in [5, 5.41) is 3.43. The van der Waals surface area contributed by atoms with Gasteiger partial charge in [-0.2, -0.15) is 0 Å². The van der Waals surface area contributed by atoms with Crippen LogP contribution in [0.3, 0.4) is 0 Å². The molecule has 0 saturated heterocycles. The number of rotatable bonds is 3. The fraction of sp³-hybridized carbons (Fsp3) is 0.312. The van der Waals surface area contributed by atoms with E-state index in [0.717, 1.165) is 5.03 Å². The van der Waals surface area contributed by atoms with E-state index >= 15 is 0 Å². The van der Waals surface area contributed by atoms with Gasteiger partial charge in [-0.1, -0.05) is 20.8 Å². The number of nitrogens with one attached hydrogen (secondary N) is 1. The number of thioether (sulfide) groups is 1. The normalized spacial score (nSPS) is 11.3. The highest BCUT2D eigenvalue weighted by molar-refractivity contribution is 8.00. The van der Waals surface area contributed by atoms with Crippen LogP contribution in [0.4, 0.5) is 5.69 Å². The van der Waals surface area contributed by atoms with E-state index in [1.807, 2.05) is 0 Å². The molecule has 2 aromatic rings. The second-order valence-corrected chi connectivity index (χ2v) is 7.74. The van der Waals surface area contributed by atoms with Gasteiger partial charge in [0.1, 0.15) is 5.69 Å². The maximum Gasteiger partial charge on any atom is 0.274 e. The SMILES string of the molecule is Cn1cccc(NC(=O)c2ccnc(SC(C)(C)C)c2)c1=O. The molecule has 0 aliphatic heterocycles. The van der Waals surface area contributed by atoms with Crippen molar-refractivity contribution in [2.24, 2.45) is 7.05 Å². The highest BCUT2D eigenvalue weighted by atomic mass is 32.2. The minimum absolute atomic E-state index is 0.0114. The number of hydrogen-bond acceptors (Lipinski definition) is 4. The van der Waals surface area contributed by atoms with E-state index in [4.69, 9.17) is 0 Å². The lowest BCUT2D eigenvalue weighted by atomic mass is 10.2. The molecule has 1 amide bonds. The number of pyridine rings is 2. The van der Waals surface area contributed by atoms with E-state index in [9.17, 15) is 9.59 Å². The summed E-state index contributed by atoms with van der Waals surface area (Å²) in [5.41, 5.74) is 0.499. The van der Waals surface area contributed by atoms with Gasteiger partial charge in [0.15, 0.2) is 0 Å². The van der Waals surface area contributed by atoms with Crippen molar-refractivity contribution in [1.82, 2.24) is 9.55 Å². The first kappa shape index (κ1) is 16.3. The van der Waals surface area contributed by atoms with Crippen molar-refractivity contribution in [3.05, 3.63) is 52.6 Å². The van der Waals surface area contributed by atoms with Crippen molar-refractivity contribution in [1.29, 1.82) is 0 Å². The number of amides is 1. The molecule has 116 valence electrons. The molecule has 0 radical (unpaired) electrons. The van der Waals surface area contributed by atoms with Crippen LogP contribution in [0.15, 0.2) is 46.5 Å². The zero-order valence-electron chi connectivity index (χ0n) is 13.1. The molecule has 0 saturated carbocycles. The van der Waals surface area contributed by atoms with Gasteiger partial charge in [0.25, 0.3) is 11.5 Å². The maximum atomic E-state index is 12.3. The molecule has 0 aliphatic carbocycles. The fourth-order valence-corrected chi connectivity index (χ4v) is 2.73. The van der Waals surface area contributed by atoms with Crippen LogP contribution in [0.2, 0.25) is 0 Å². The average Bonchev–Trinajstić information content (AvgIpc) is 2.42. The lowest BCUT2D eigenvalue weighted by Gasteiger charge is -2.16. The van der Waals surface area contributed by atoms with Crippen molar-refractivity contribution >= 4 is 23.4 Å². The van der Waals surface area contributed by atoms with Gasteiger partial charge < -0.3 is 9.88 Å². The molecule has 0 atom stereocenters. The van der Waals surface area contributed by atoms with Crippen LogP contribution >= 0.6 is 11.8 Å². The van der Waals surface area contributed by atoms with E-state index in [1.165, 1.54) is 4.57 Å². The predicted molar refractivity (Wildman–Crippen MR) is 89.5 cm³/mol. The Morgan fingerprint density at radius 2 is 2.05 bits per heavy atom. The zero-order chi connectivity index (χ0) is 16.3. The average molecular weight is 317 g/mol. The van der Waals surface area contributed by atoms with Gasteiger partial charge in [-0.15, -0.1) is 11.8 Å². The van der Waals surface area contributed by atoms with Crippen molar-refractivity contribution in [2.75, 3.05) is 5.32 Å². The van der Waals surface area contributed by atoms with E-state index in [-0.39, 0.29) is 21.9 Å². The molecule has 0 unspecified atom stereocenters. The molecule has 0 fully saturated rings. The number of aromatic nitrogens is 2. The highest BCUT2D eigenvalue weighted by Gasteiger charge is 2.15. The van der Waals surface area contributed by atoms with Gasteiger partial charge >= 0.3 is 0 Å². The Morgan fingerprint density at radius 3 is 2.73 bits per heavy atom. The summed E-state index contributed by atoms with van der Waals surface area (Å²) in [7, 11) is 1.64. The molecule has 2 rings (SSSR count). The third kappa shape index (κ3) is 4.21. The molecule has 6 heteroatoms. The lowest BCUT2D eigenvalue weighted by molar-refractivity contribution is 0.102. The van der Waals surface area contributed by atoms with Gasteiger partial charge in [0.05, 0.1) is 5.03 Å². The first-order chi connectivity index (χ1) is 10.3. The molecule has 0 bridgehead atoms. The van der Waals surface area contributed by atoms with Crippen LogP contribution in [0, 0.1) is 0 Å². The molecule has 0 spiro atoms. The molecule has 2 heterocycles. The number of carbonyl (C=O) groups is 1. The summed E-state index contributed by atoms with van der Waals surface area (Å²) in [5.74, 6) is -0.318. The number of carbonyl (C=O) groups excluding carboxylic acids is 1. The summed E-state index contributed by atoms with van der Waals surface area (Å²) in [6.45, 7) is 6.25. The summed E-state index contributed by atoms with van der Waals surface area (Å²) in [6, 6.07) is 6.67. The Labute approximate surface area is 133 Å². The molecular formula is C16H19N3O2S. The predicted octanol–water partition coefficient (Wildman–Crippen LogP) is 2.92. The zero-order valence-corrected chi connectivity index (χ0v) is 13.9. The molecule has 0 aromatic carbocycles. The standard InChI is InChI=1S/C16H19N3O2S/c1-16(2,3)22-13-10-11(7-8-17-13)14(20)18-12-6-5-9-19(4)15(12)21/h5-10H,1-4H3,(H,18,20). The molecule has 1 N–H and O–H groups in total. The van der Waals surface area contributed by atoms with E-state index in [0.29, 0.717) is 5.56 Å². The van der Waals surface area contributed by atoms with E-state index in [1.54, 1.807) is 55.5 Å². The second kappa shape index (κ2) is 6.36. The Hall–Kier alpha value is -2.08. The smallest absolute Gasteiger partial charge is 0.274 e. The van der Waals surface area contributed by atoms with Crippen LogP contribution in [-0.4, -0.2) is 20.2 Å². The third-order valence-electron chi connectivity index (χ3n) is 2.78. The number of anilines is 1. The number of aryl methyl sites for hydroxylation is 1. The third-order valence-corrected chi connectivity index (χ3v) is 3.82. The minimum atomic E-state index is -0.318.